The Morgan fingerprint density at radius 3 is 2.56 bits per heavy atom. The molecule has 1 saturated heterocycles. The van der Waals surface area contributed by atoms with Crippen molar-refractivity contribution in [3.8, 4) is 0 Å². The lowest BCUT2D eigenvalue weighted by Crippen LogP contribution is -2.40. The van der Waals surface area contributed by atoms with Gasteiger partial charge >= 0.3 is 0 Å². The van der Waals surface area contributed by atoms with Crippen LogP contribution in [0.25, 0.3) is 0 Å². The molecule has 1 aliphatic heterocycles. The summed E-state index contributed by atoms with van der Waals surface area (Å²) >= 11 is 0. The Hall–Kier alpha value is -2.96. The van der Waals surface area contributed by atoms with E-state index in [0.717, 1.165) is 37.4 Å². The number of hydrogen-bond donors (Lipinski definition) is 2. The lowest BCUT2D eigenvalue weighted by molar-refractivity contribution is -0.125. The van der Waals surface area contributed by atoms with Gasteiger partial charge in [0.15, 0.2) is 0 Å². The fraction of sp³-hybridized carbons (Fsp3) is 0.400. The number of carbonyl (C=O) groups is 2. The minimum atomic E-state index is -0.111. The zero-order valence-corrected chi connectivity index (χ0v) is 15.5. The lowest BCUT2D eigenvalue weighted by Gasteiger charge is -2.32. The Labute approximate surface area is 159 Å². The average molecular weight is 367 g/mol. The van der Waals surface area contributed by atoms with Crippen LogP contribution >= 0.6 is 0 Å². The molecule has 2 N–H and O–H groups in total. The van der Waals surface area contributed by atoms with E-state index in [9.17, 15) is 9.59 Å². The van der Waals surface area contributed by atoms with Crippen LogP contribution in [0.1, 0.15) is 35.8 Å². The van der Waals surface area contributed by atoms with Crippen LogP contribution in [0.15, 0.2) is 42.7 Å². The van der Waals surface area contributed by atoms with E-state index in [1.54, 1.807) is 18.5 Å². The fourth-order valence-corrected chi connectivity index (χ4v) is 3.17. The molecule has 1 fully saturated rings. The van der Waals surface area contributed by atoms with Crippen molar-refractivity contribution >= 4 is 17.6 Å². The molecule has 0 aliphatic carbocycles. The van der Waals surface area contributed by atoms with E-state index < -0.39 is 0 Å². The maximum atomic E-state index is 12.4. The number of rotatable bonds is 6. The summed E-state index contributed by atoms with van der Waals surface area (Å²) in [6.07, 6.45) is 4.90. The Bertz CT molecular complexity index is 756. The minimum Gasteiger partial charge on any atom is -0.357 e. The summed E-state index contributed by atoms with van der Waals surface area (Å²) in [4.78, 5) is 35.0. The summed E-state index contributed by atoms with van der Waals surface area (Å²) in [7, 11) is 0. The highest BCUT2D eigenvalue weighted by atomic mass is 16.2. The molecule has 2 aromatic rings. The van der Waals surface area contributed by atoms with E-state index in [1.807, 2.05) is 31.2 Å². The predicted molar refractivity (Wildman–Crippen MR) is 103 cm³/mol. The molecule has 7 heteroatoms. The summed E-state index contributed by atoms with van der Waals surface area (Å²) in [5, 5.41) is 5.74. The minimum absolute atomic E-state index is 0.0135. The summed E-state index contributed by atoms with van der Waals surface area (Å²) in [6, 6.07) is 9.33. The fourth-order valence-electron chi connectivity index (χ4n) is 3.17. The van der Waals surface area contributed by atoms with Gasteiger partial charge in [0.05, 0.1) is 17.8 Å². The van der Waals surface area contributed by atoms with Crippen molar-refractivity contribution in [2.24, 2.45) is 5.92 Å². The van der Waals surface area contributed by atoms with Crippen molar-refractivity contribution < 1.29 is 9.59 Å². The van der Waals surface area contributed by atoms with Gasteiger partial charge in [0.1, 0.15) is 5.82 Å². The molecule has 3 rings (SSSR count). The van der Waals surface area contributed by atoms with Crippen LogP contribution in [0.2, 0.25) is 0 Å². The molecule has 0 radical (unpaired) electrons. The van der Waals surface area contributed by atoms with E-state index >= 15 is 0 Å². The first-order chi connectivity index (χ1) is 13.2. The third kappa shape index (κ3) is 5.03. The van der Waals surface area contributed by atoms with Crippen LogP contribution in [0.4, 0.5) is 5.82 Å². The van der Waals surface area contributed by atoms with Gasteiger partial charge in [-0.25, -0.2) is 4.98 Å². The largest absolute Gasteiger partial charge is 0.357 e. The van der Waals surface area contributed by atoms with Crippen molar-refractivity contribution in [2.45, 2.75) is 26.3 Å². The van der Waals surface area contributed by atoms with Gasteiger partial charge in [0.25, 0.3) is 5.91 Å². The van der Waals surface area contributed by atoms with E-state index in [1.165, 1.54) is 0 Å². The van der Waals surface area contributed by atoms with Crippen molar-refractivity contribution in [2.75, 3.05) is 24.5 Å². The SMILES string of the molecule is CCNC(=O)c1ccc(N2CCC(C(=O)NCc3ccccn3)CC2)nc1. The molecule has 0 saturated carbocycles. The van der Waals surface area contributed by atoms with E-state index in [-0.39, 0.29) is 17.7 Å². The first-order valence-corrected chi connectivity index (χ1v) is 9.34. The molecule has 0 spiro atoms. The second kappa shape index (κ2) is 9.12. The van der Waals surface area contributed by atoms with Crippen LogP contribution < -0.4 is 15.5 Å². The third-order valence-corrected chi connectivity index (χ3v) is 4.71. The molecule has 0 unspecified atom stereocenters. The molecule has 3 heterocycles. The average Bonchev–Trinajstić information content (AvgIpc) is 2.73. The molecular weight excluding hydrogens is 342 g/mol. The molecule has 0 atom stereocenters. The Kier molecular flexibility index (Phi) is 6.35. The van der Waals surface area contributed by atoms with Crippen LogP contribution in [0, 0.1) is 5.92 Å². The van der Waals surface area contributed by atoms with Gasteiger partial charge in [-0.1, -0.05) is 6.07 Å². The van der Waals surface area contributed by atoms with Gasteiger partial charge in [-0.2, -0.15) is 0 Å². The van der Waals surface area contributed by atoms with E-state index in [2.05, 4.69) is 25.5 Å². The second-order valence-electron chi connectivity index (χ2n) is 6.56. The summed E-state index contributed by atoms with van der Waals surface area (Å²) in [5.74, 6) is 0.828. The van der Waals surface area contributed by atoms with Gasteiger partial charge in [0.2, 0.25) is 5.91 Å². The topological polar surface area (TPSA) is 87.2 Å². The highest BCUT2D eigenvalue weighted by Gasteiger charge is 2.25. The maximum absolute atomic E-state index is 12.4. The molecule has 0 bridgehead atoms. The van der Waals surface area contributed by atoms with Crippen LogP contribution in [-0.4, -0.2) is 41.4 Å². The number of pyridine rings is 2. The Balaban J connectivity index is 1.48. The normalized spacial score (nSPS) is 14.6. The molecule has 1 aliphatic rings. The molecule has 2 aromatic heterocycles. The third-order valence-electron chi connectivity index (χ3n) is 4.71. The summed E-state index contributed by atoms with van der Waals surface area (Å²) in [6.45, 7) is 4.49. The Morgan fingerprint density at radius 2 is 1.93 bits per heavy atom. The molecule has 142 valence electrons. The van der Waals surface area contributed by atoms with Gasteiger partial charge in [0, 0.05) is 37.9 Å². The quantitative estimate of drug-likeness (QED) is 0.812. The number of piperidine rings is 1. The van der Waals surface area contributed by atoms with Gasteiger partial charge in [-0.3, -0.25) is 14.6 Å². The molecule has 7 nitrogen and oxygen atoms in total. The highest BCUT2D eigenvalue weighted by Crippen LogP contribution is 2.22. The molecular formula is C20H25N5O2. The number of aromatic nitrogens is 2. The zero-order chi connectivity index (χ0) is 19.1. The zero-order valence-electron chi connectivity index (χ0n) is 15.5. The lowest BCUT2D eigenvalue weighted by atomic mass is 9.96. The standard InChI is InChI=1S/C20H25N5O2/c1-2-21-20(27)16-6-7-18(23-13-16)25-11-8-15(9-12-25)19(26)24-14-17-5-3-4-10-22-17/h3-7,10,13,15H,2,8-9,11-12,14H2,1H3,(H,21,27)(H,24,26). The van der Waals surface area contributed by atoms with Crippen molar-refractivity contribution in [3.63, 3.8) is 0 Å². The number of nitrogens with one attached hydrogen (secondary N) is 2. The molecule has 0 aromatic carbocycles. The number of anilines is 1. The van der Waals surface area contributed by atoms with Crippen LogP contribution in [-0.2, 0) is 11.3 Å². The first-order valence-electron chi connectivity index (χ1n) is 9.34. The van der Waals surface area contributed by atoms with Crippen molar-refractivity contribution in [3.05, 3.63) is 54.0 Å². The number of carbonyl (C=O) groups excluding carboxylic acids is 2. The van der Waals surface area contributed by atoms with E-state index in [4.69, 9.17) is 0 Å². The maximum Gasteiger partial charge on any atom is 0.252 e. The van der Waals surface area contributed by atoms with Crippen molar-refractivity contribution in [1.29, 1.82) is 0 Å². The number of amides is 2. The Morgan fingerprint density at radius 1 is 1.11 bits per heavy atom. The predicted octanol–water partition coefficient (Wildman–Crippen LogP) is 1.76. The van der Waals surface area contributed by atoms with Crippen molar-refractivity contribution in [1.82, 2.24) is 20.6 Å². The molecule has 27 heavy (non-hydrogen) atoms. The van der Waals surface area contributed by atoms with Gasteiger partial charge < -0.3 is 15.5 Å². The number of hydrogen-bond acceptors (Lipinski definition) is 5. The molecule has 2 amide bonds. The summed E-state index contributed by atoms with van der Waals surface area (Å²) < 4.78 is 0. The van der Waals surface area contributed by atoms with Gasteiger partial charge in [-0.05, 0) is 44.0 Å². The highest BCUT2D eigenvalue weighted by molar-refractivity contribution is 5.94. The summed E-state index contributed by atoms with van der Waals surface area (Å²) in [5.41, 5.74) is 1.42. The van der Waals surface area contributed by atoms with E-state index in [0.29, 0.717) is 18.7 Å². The van der Waals surface area contributed by atoms with Crippen LogP contribution in [0.3, 0.4) is 0 Å². The number of nitrogens with zero attached hydrogens (tertiary/aromatic N) is 3. The second-order valence-corrected chi connectivity index (χ2v) is 6.56. The first kappa shape index (κ1) is 18.8. The monoisotopic (exact) mass is 367 g/mol. The van der Waals surface area contributed by atoms with Crippen LogP contribution in [0.5, 0.6) is 0 Å². The van der Waals surface area contributed by atoms with Gasteiger partial charge in [-0.15, -0.1) is 0 Å². The smallest absolute Gasteiger partial charge is 0.252 e.